The van der Waals surface area contributed by atoms with Gasteiger partial charge in [-0.05, 0) is 37.8 Å². The van der Waals surface area contributed by atoms with Gasteiger partial charge in [0.05, 0.1) is 0 Å². The smallest absolute Gasteiger partial charge is 0.357 e. The Morgan fingerprint density at radius 3 is 2.58 bits per heavy atom. The molecule has 0 fully saturated rings. The van der Waals surface area contributed by atoms with Crippen molar-refractivity contribution in [1.82, 2.24) is 15.6 Å². The molecule has 9 heteroatoms. The Morgan fingerprint density at radius 1 is 1.25 bits per heavy atom. The Labute approximate surface area is 162 Å². The predicted molar refractivity (Wildman–Crippen MR) is 102 cm³/mol. The van der Waals surface area contributed by atoms with E-state index in [4.69, 9.17) is 11.6 Å². The van der Waals surface area contributed by atoms with Crippen LogP contribution in [0.15, 0.2) is 23.3 Å². The molecule has 0 aliphatic heterocycles. The molecule has 0 amide bonds. The number of halogens is 5. The van der Waals surface area contributed by atoms with Crippen molar-refractivity contribution in [2.75, 3.05) is 19.6 Å². The molecule has 0 aliphatic carbocycles. The van der Waals surface area contributed by atoms with Gasteiger partial charge in [0, 0.05) is 32.3 Å². The molecular weight excluding hydrogens is 456 g/mol. The minimum absolute atomic E-state index is 0. The average molecular weight is 479 g/mol. The van der Waals surface area contributed by atoms with Crippen LogP contribution in [0.4, 0.5) is 13.2 Å². The van der Waals surface area contributed by atoms with Crippen LogP contribution in [0.5, 0.6) is 0 Å². The van der Waals surface area contributed by atoms with Gasteiger partial charge in [-0.1, -0.05) is 17.7 Å². The second-order valence-electron chi connectivity index (χ2n) is 5.00. The quantitative estimate of drug-likeness (QED) is 0.194. The molecule has 0 atom stereocenters. The summed E-state index contributed by atoms with van der Waals surface area (Å²) in [5.41, 5.74) is 1.04. The first kappa shape index (κ1) is 23.2. The molecule has 138 valence electrons. The largest absolute Gasteiger partial charge is 0.389 e. The summed E-state index contributed by atoms with van der Waals surface area (Å²) >= 11 is 5.72. The Kier molecular flexibility index (Phi) is 12.2. The molecule has 1 heterocycles. The summed E-state index contributed by atoms with van der Waals surface area (Å²) < 4.78 is 36.1. The lowest BCUT2D eigenvalue weighted by Gasteiger charge is -2.11. The highest BCUT2D eigenvalue weighted by Gasteiger charge is 2.25. The Bertz CT molecular complexity index is 481. The summed E-state index contributed by atoms with van der Waals surface area (Å²) in [5, 5.41) is 6.67. The number of hydrogen-bond donors (Lipinski definition) is 2. The first-order valence-electron chi connectivity index (χ1n) is 7.60. The molecule has 4 nitrogen and oxygen atoms in total. The van der Waals surface area contributed by atoms with Gasteiger partial charge in [-0.2, -0.15) is 13.2 Å². The zero-order chi connectivity index (χ0) is 17.1. The van der Waals surface area contributed by atoms with Gasteiger partial charge in [0.15, 0.2) is 5.96 Å². The first-order chi connectivity index (χ1) is 10.9. The molecule has 0 saturated heterocycles. The molecule has 1 rings (SSSR count). The molecule has 0 spiro atoms. The predicted octanol–water partition coefficient (Wildman–Crippen LogP) is 4.18. The maximum Gasteiger partial charge on any atom is 0.389 e. The number of guanidine groups is 1. The van der Waals surface area contributed by atoms with Crippen LogP contribution in [0.25, 0.3) is 0 Å². The molecule has 0 aliphatic rings. The lowest BCUT2D eigenvalue weighted by atomic mass is 10.2. The molecular formula is C15H23ClF3IN4. The zero-order valence-corrected chi connectivity index (χ0v) is 16.6. The minimum Gasteiger partial charge on any atom is -0.357 e. The molecule has 24 heavy (non-hydrogen) atoms. The van der Waals surface area contributed by atoms with E-state index in [-0.39, 0.29) is 30.4 Å². The third-order valence-corrected chi connectivity index (χ3v) is 3.20. The Balaban J connectivity index is 0.00000529. The number of aromatic nitrogens is 1. The van der Waals surface area contributed by atoms with Crippen LogP contribution in [-0.2, 0) is 6.42 Å². The third kappa shape index (κ3) is 11.7. The van der Waals surface area contributed by atoms with E-state index < -0.39 is 12.6 Å². The van der Waals surface area contributed by atoms with Gasteiger partial charge in [-0.15, -0.1) is 24.0 Å². The second-order valence-corrected chi connectivity index (χ2v) is 5.39. The molecule has 0 aromatic carbocycles. The van der Waals surface area contributed by atoms with Gasteiger partial charge in [0.2, 0.25) is 0 Å². The van der Waals surface area contributed by atoms with Crippen LogP contribution >= 0.6 is 35.6 Å². The number of unbranched alkanes of at least 4 members (excludes halogenated alkanes) is 1. The highest BCUT2D eigenvalue weighted by Crippen LogP contribution is 2.21. The van der Waals surface area contributed by atoms with Gasteiger partial charge in [0.25, 0.3) is 0 Å². The fourth-order valence-electron chi connectivity index (χ4n) is 1.85. The zero-order valence-electron chi connectivity index (χ0n) is 13.5. The number of aliphatic imine (C=N–C) groups is 1. The van der Waals surface area contributed by atoms with Crippen LogP contribution in [0.2, 0.25) is 5.15 Å². The van der Waals surface area contributed by atoms with Crippen LogP contribution in [0.1, 0.15) is 31.7 Å². The normalized spacial score (nSPS) is 11.8. The van der Waals surface area contributed by atoms with Gasteiger partial charge in [-0.25, -0.2) is 4.98 Å². The van der Waals surface area contributed by atoms with Crippen molar-refractivity contribution in [2.24, 2.45) is 4.99 Å². The van der Waals surface area contributed by atoms with E-state index in [9.17, 15) is 13.2 Å². The number of pyridine rings is 1. The Morgan fingerprint density at radius 2 is 2.00 bits per heavy atom. The Hall–Kier alpha value is -0.770. The third-order valence-electron chi connectivity index (χ3n) is 2.98. The number of nitrogens with one attached hydrogen (secondary N) is 2. The van der Waals surface area contributed by atoms with E-state index in [1.54, 1.807) is 12.3 Å². The van der Waals surface area contributed by atoms with Crippen LogP contribution in [-0.4, -0.2) is 36.8 Å². The van der Waals surface area contributed by atoms with Crippen molar-refractivity contribution in [3.05, 3.63) is 29.0 Å². The van der Waals surface area contributed by atoms with Crippen LogP contribution in [0, 0.1) is 0 Å². The summed E-state index contributed by atoms with van der Waals surface area (Å²) in [6.07, 6.45) is -1.86. The number of nitrogens with zero attached hydrogens (tertiary/aromatic N) is 2. The summed E-state index contributed by atoms with van der Waals surface area (Å²) in [4.78, 5) is 8.27. The number of alkyl halides is 3. The maximum atomic E-state index is 12.0. The van der Waals surface area contributed by atoms with Gasteiger partial charge in [0.1, 0.15) is 5.15 Å². The molecule has 0 radical (unpaired) electrons. The number of rotatable bonds is 8. The van der Waals surface area contributed by atoms with Gasteiger partial charge < -0.3 is 10.6 Å². The fourth-order valence-corrected chi connectivity index (χ4v) is 1.96. The van der Waals surface area contributed by atoms with Gasteiger partial charge in [-0.3, -0.25) is 4.99 Å². The van der Waals surface area contributed by atoms with E-state index in [1.807, 2.05) is 13.0 Å². The summed E-state index contributed by atoms with van der Waals surface area (Å²) in [5.74, 6) is 0.612. The van der Waals surface area contributed by atoms with Crippen molar-refractivity contribution >= 4 is 41.5 Å². The summed E-state index contributed by atoms with van der Waals surface area (Å²) in [7, 11) is 0. The van der Waals surface area contributed by atoms with E-state index in [1.165, 1.54) is 0 Å². The molecule has 0 bridgehead atoms. The van der Waals surface area contributed by atoms with Crippen molar-refractivity contribution in [3.8, 4) is 0 Å². The SMILES string of the molecule is CCNC(=NCCCCC(F)(F)F)NCCc1ccc(Cl)nc1.I. The molecule has 0 unspecified atom stereocenters. The van der Waals surface area contributed by atoms with E-state index in [0.717, 1.165) is 12.0 Å². The second kappa shape index (κ2) is 12.6. The van der Waals surface area contributed by atoms with Crippen molar-refractivity contribution < 1.29 is 13.2 Å². The number of hydrogen-bond acceptors (Lipinski definition) is 2. The molecule has 0 saturated carbocycles. The highest BCUT2D eigenvalue weighted by atomic mass is 127. The first-order valence-corrected chi connectivity index (χ1v) is 7.98. The van der Waals surface area contributed by atoms with Crippen molar-refractivity contribution in [2.45, 2.75) is 38.8 Å². The minimum atomic E-state index is -4.08. The monoisotopic (exact) mass is 478 g/mol. The van der Waals surface area contributed by atoms with Crippen molar-refractivity contribution in [1.29, 1.82) is 0 Å². The lowest BCUT2D eigenvalue weighted by Crippen LogP contribution is -2.38. The fraction of sp³-hybridized carbons (Fsp3) is 0.600. The summed E-state index contributed by atoms with van der Waals surface area (Å²) in [6.45, 7) is 3.65. The standard InChI is InChI=1S/C15H22ClF3N4.HI/c1-2-20-14(21-9-4-3-8-15(17,18)19)22-10-7-12-5-6-13(16)23-11-12;/h5-6,11H,2-4,7-10H2,1H3,(H2,20,21,22);1H. The van der Waals surface area contributed by atoms with E-state index >= 15 is 0 Å². The molecule has 2 N–H and O–H groups in total. The van der Waals surface area contributed by atoms with E-state index in [2.05, 4.69) is 20.6 Å². The van der Waals surface area contributed by atoms with Crippen LogP contribution < -0.4 is 10.6 Å². The van der Waals surface area contributed by atoms with Crippen LogP contribution in [0.3, 0.4) is 0 Å². The lowest BCUT2D eigenvalue weighted by molar-refractivity contribution is -0.135. The topological polar surface area (TPSA) is 49.3 Å². The average Bonchev–Trinajstić information content (AvgIpc) is 2.47. The van der Waals surface area contributed by atoms with Gasteiger partial charge >= 0.3 is 6.18 Å². The maximum absolute atomic E-state index is 12.0. The van der Waals surface area contributed by atoms with Crippen molar-refractivity contribution in [3.63, 3.8) is 0 Å². The highest BCUT2D eigenvalue weighted by molar-refractivity contribution is 14.0. The molecule has 1 aromatic rings. The summed E-state index contributed by atoms with van der Waals surface area (Å²) in [6, 6.07) is 3.63. The van der Waals surface area contributed by atoms with E-state index in [0.29, 0.717) is 37.2 Å². The molecule has 1 aromatic heterocycles.